The molecular formula is C70H136O8S3Sn. The number of thioether (sulfide) groups is 3. The van der Waals surface area contributed by atoms with E-state index in [9.17, 15) is 34.5 Å². The molecule has 0 amide bonds. The summed E-state index contributed by atoms with van der Waals surface area (Å²) in [6.07, 6.45) is 70.4. The van der Waals surface area contributed by atoms with Gasteiger partial charge in [-0.25, -0.2) is 0 Å². The first-order chi connectivity index (χ1) is 40.1. The number of unbranched alkanes of at least 4 members (excludes halogenated alkanes) is 46. The number of rotatable bonds is 65. The van der Waals surface area contributed by atoms with E-state index in [0.29, 0.717) is 30.3 Å². The molecule has 0 aliphatic heterocycles. The molecule has 0 spiro atoms. The summed E-state index contributed by atoms with van der Waals surface area (Å²) in [5.41, 5.74) is 0. The van der Waals surface area contributed by atoms with E-state index in [0.717, 1.165) is 34.5 Å². The van der Waals surface area contributed by atoms with Gasteiger partial charge in [-0.1, -0.05) is 310 Å². The molecule has 0 aliphatic carbocycles. The van der Waals surface area contributed by atoms with Gasteiger partial charge >= 0.3 is 75.3 Å². The summed E-state index contributed by atoms with van der Waals surface area (Å²) in [5, 5.41) is 30.8. The predicted octanol–water partition coefficient (Wildman–Crippen LogP) is 19.7. The van der Waals surface area contributed by atoms with Gasteiger partial charge < -0.3 is 29.7 Å². The number of carboxylic acid groups (broad SMARTS) is 3. The Morgan fingerprint density at radius 3 is 0.622 bits per heavy atom. The first-order valence-corrected chi connectivity index (χ1v) is 40.7. The number of ether oxygens (including phenoxy) is 1. The second-order valence-corrected chi connectivity index (χ2v) is 28.3. The summed E-state index contributed by atoms with van der Waals surface area (Å²) in [6, 6.07) is 0. The van der Waals surface area contributed by atoms with Gasteiger partial charge in [-0.15, -0.1) is 0 Å². The van der Waals surface area contributed by atoms with Crippen molar-refractivity contribution in [2.45, 2.75) is 379 Å². The second kappa shape index (κ2) is 84.9. The van der Waals surface area contributed by atoms with Gasteiger partial charge in [-0.05, 0) is 73.0 Å². The van der Waals surface area contributed by atoms with Crippen LogP contribution in [0.25, 0.3) is 0 Å². The Hall–Kier alpha value is -0.271. The summed E-state index contributed by atoms with van der Waals surface area (Å²) >= 11 is 6.65. The number of hydrogen-bond acceptors (Lipinski definition) is 11. The number of esters is 1. The quantitative estimate of drug-likeness (QED) is 0.0326. The molecule has 0 aliphatic rings. The Morgan fingerprint density at radius 2 is 0.451 bits per heavy atom. The zero-order chi connectivity index (χ0) is 61.0. The monoisotopic (exact) mass is 1320 g/mol. The zero-order valence-electron chi connectivity index (χ0n) is 54.8. The normalized spacial score (nSPS) is 10.9. The third kappa shape index (κ3) is 98.8. The van der Waals surface area contributed by atoms with Crippen LogP contribution in [-0.2, 0) is 23.9 Å². The van der Waals surface area contributed by atoms with Crippen LogP contribution in [0.3, 0.4) is 0 Å². The maximum atomic E-state index is 10.7. The van der Waals surface area contributed by atoms with Crippen molar-refractivity contribution in [3.63, 3.8) is 0 Å². The topological polar surface area (TPSA) is 147 Å². The van der Waals surface area contributed by atoms with E-state index in [1.54, 1.807) is 35.3 Å². The van der Waals surface area contributed by atoms with Crippen molar-refractivity contribution in [2.24, 2.45) is 0 Å². The molecule has 0 heterocycles. The fourth-order valence-corrected chi connectivity index (χ4v) is 12.9. The maximum absolute atomic E-state index is 10.7. The van der Waals surface area contributed by atoms with E-state index in [1.165, 1.54) is 331 Å². The molecule has 486 valence electrons. The summed E-state index contributed by atoms with van der Waals surface area (Å²) in [5.74, 6) is 2.63. The third-order valence-electron chi connectivity index (χ3n) is 14.9. The van der Waals surface area contributed by atoms with Crippen molar-refractivity contribution in [1.82, 2.24) is 0 Å². The van der Waals surface area contributed by atoms with E-state index >= 15 is 0 Å². The van der Waals surface area contributed by atoms with Gasteiger partial charge in [0, 0.05) is 17.9 Å². The SMILES string of the molecule is CCCCCCCCCCCCCCCCCCSCCC(=O)[O-].CCCCCCCCCCCCCCCCCCSCCC(=O)[O-].CCCCCCCCCCCCCCCCCCSCCC(=O)[O-].CCCCOC(=O)C[CH2][Sn+3]. The zero-order valence-corrected chi connectivity index (χ0v) is 60.1. The first-order valence-electron chi connectivity index (χ1n) is 35.2. The molecular weight excluding hydrogens is 1180 g/mol. The van der Waals surface area contributed by atoms with Crippen molar-refractivity contribution in [3.05, 3.63) is 0 Å². The van der Waals surface area contributed by atoms with Gasteiger partial charge in [-0.2, -0.15) is 35.3 Å². The first kappa shape index (κ1) is 88.2. The van der Waals surface area contributed by atoms with Crippen LogP contribution in [0.2, 0.25) is 4.44 Å². The molecule has 0 rings (SSSR count). The molecule has 0 bridgehead atoms. The molecule has 0 radical (unpaired) electrons. The number of carboxylic acids is 3. The van der Waals surface area contributed by atoms with Crippen LogP contribution < -0.4 is 15.3 Å². The summed E-state index contributed by atoms with van der Waals surface area (Å²) in [6.45, 7) is 9.52. The molecule has 0 aromatic heterocycles. The second-order valence-electron chi connectivity index (χ2n) is 23.2. The van der Waals surface area contributed by atoms with Gasteiger partial charge in [0.15, 0.2) is 0 Å². The number of carbonyl (C=O) groups excluding carboxylic acids is 4. The molecule has 8 nitrogen and oxygen atoms in total. The number of hydrogen-bond donors (Lipinski definition) is 0. The Labute approximate surface area is 537 Å². The van der Waals surface area contributed by atoms with E-state index < -0.39 is 17.9 Å². The van der Waals surface area contributed by atoms with Crippen molar-refractivity contribution in [2.75, 3.05) is 41.1 Å². The molecule has 0 unspecified atom stereocenters. The van der Waals surface area contributed by atoms with Crippen LogP contribution >= 0.6 is 35.3 Å². The predicted molar refractivity (Wildman–Crippen MR) is 361 cm³/mol. The van der Waals surface area contributed by atoms with E-state index in [1.807, 2.05) is 0 Å². The Bertz CT molecular complexity index is 1090. The van der Waals surface area contributed by atoms with Crippen molar-refractivity contribution < 1.29 is 39.2 Å². The van der Waals surface area contributed by atoms with Crippen LogP contribution in [0.15, 0.2) is 0 Å². The van der Waals surface area contributed by atoms with Crippen LogP contribution in [0.4, 0.5) is 0 Å². The van der Waals surface area contributed by atoms with Crippen LogP contribution in [0.5, 0.6) is 0 Å². The van der Waals surface area contributed by atoms with E-state index in [2.05, 4.69) is 27.7 Å². The average Bonchev–Trinajstić information content (AvgIpc) is 3.45. The van der Waals surface area contributed by atoms with Crippen molar-refractivity contribution in [3.8, 4) is 0 Å². The fourth-order valence-electron chi connectivity index (χ4n) is 9.53. The molecule has 0 fully saturated rings. The van der Waals surface area contributed by atoms with Gasteiger partial charge in [0.25, 0.3) is 0 Å². The molecule has 0 saturated carbocycles. The van der Waals surface area contributed by atoms with Gasteiger partial charge in [0.2, 0.25) is 0 Å². The summed E-state index contributed by atoms with van der Waals surface area (Å²) < 4.78 is 5.87. The number of aliphatic carboxylic acids is 3. The third-order valence-corrected chi connectivity index (χ3v) is 18.8. The van der Waals surface area contributed by atoms with Gasteiger partial charge in [-0.3, -0.25) is 0 Å². The van der Waals surface area contributed by atoms with Crippen LogP contribution in [-0.4, -0.2) is 87.5 Å². The molecule has 82 heavy (non-hydrogen) atoms. The van der Waals surface area contributed by atoms with Gasteiger partial charge in [0.05, 0.1) is 0 Å². The van der Waals surface area contributed by atoms with E-state index in [4.69, 9.17) is 4.74 Å². The van der Waals surface area contributed by atoms with Crippen LogP contribution in [0, 0.1) is 0 Å². The van der Waals surface area contributed by atoms with Crippen molar-refractivity contribution in [1.29, 1.82) is 0 Å². The van der Waals surface area contributed by atoms with Crippen molar-refractivity contribution >= 4 is 81.7 Å². The summed E-state index contributed by atoms with van der Waals surface area (Å²) in [7, 11) is 0. The minimum absolute atomic E-state index is 0.0368. The summed E-state index contributed by atoms with van der Waals surface area (Å²) in [4.78, 5) is 41.5. The molecule has 12 heteroatoms. The average molecular weight is 1320 g/mol. The van der Waals surface area contributed by atoms with E-state index in [-0.39, 0.29) is 25.2 Å². The molecule has 0 aromatic carbocycles. The molecule has 0 aromatic rings. The standard InChI is InChI=1S/3C21H42O2S.C7H13O2.Sn/c3*1-2-3-4-5-6-7-8-9-10-11-12-13-14-15-16-17-19-24-20-18-21(22)23;1-3-5-6-9-7(8)4-2;/h3*2-20H2,1H3,(H,22,23);2-6H2,1H3;/q;;;;+3/p-3. The molecule has 0 saturated heterocycles. The minimum atomic E-state index is -0.922. The molecule has 0 atom stereocenters. The number of carbonyl (C=O) groups is 4. The Kier molecular flexibility index (Phi) is 91.3. The van der Waals surface area contributed by atoms with Crippen LogP contribution in [0.1, 0.15) is 374 Å². The molecule has 0 N–H and O–H groups in total. The fraction of sp³-hybridized carbons (Fsp3) is 0.943. The Morgan fingerprint density at radius 1 is 0.268 bits per heavy atom. The Balaban J connectivity index is -0.000000513. The van der Waals surface area contributed by atoms with Gasteiger partial charge in [0.1, 0.15) is 0 Å².